The molecule has 1 aromatic rings. The molecule has 0 radical (unpaired) electrons. The number of nitrogens with one attached hydrogen (secondary N) is 1. The maximum atomic E-state index is 11.3. The fourth-order valence-electron chi connectivity index (χ4n) is 1.46. The minimum atomic E-state index is -0.0703. The van der Waals surface area contributed by atoms with Crippen LogP contribution in [0, 0.1) is 0 Å². The van der Waals surface area contributed by atoms with Crippen molar-refractivity contribution < 1.29 is 9.53 Å². The fraction of sp³-hybridized carbons (Fsp3) is 0.444. The lowest BCUT2D eigenvalue weighted by Crippen LogP contribution is -2.40. The molecule has 0 fully saturated rings. The Labute approximate surface area is 87.3 Å². The van der Waals surface area contributed by atoms with Crippen LogP contribution in [-0.2, 0) is 9.53 Å². The van der Waals surface area contributed by atoms with Gasteiger partial charge < -0.3 is 15.0 Å². The highest BCUT2D eigenvalue weighted by Crippen LogP contribution is 2.22. The van der Waals surface area contributed by atoms with Gasteiger partial charge in [0, 0.05) is 26.0 Å². The molecule has 0 aromatic carbocycles. The van der Waals surface area contributed by atoms with Crippen LogP contribution in [0.15, 0.2) is 12.4 Å². The van der Waals surface area contributed by atoms with Crippen molar-refractivity contribution in [1.82, 2.24) is 9.97 Å². The van der Waals surface area contributed by atoms with Crippen LogP contribution in [0.5, 0.6) is 0 Å². The van der Waals surface area contributed by atoms with E-state index in [2.05, 4.69) is 15.3 Å². The van der Waals surface area contributed by atoms with Crippen LogP contribution in [-0.4, -0.2) is 42.7 Å². The van der Waals surface area contributed by atoms with Gasteiger partial charge in [-0.15, -0.1) is 0 Å². The van der Waals surface area contributed by atoms with Gasteiger partial charge in [-0.25, -0.2) is 9.97 Å². The van der Waals surface area contributed by atoms with Crippen molar-refractivity contribution in [3.63, 3.8) is 0 Å². The average Bonchev–Trinajstić information content (AvgIpc) is 2.25. The molecule has 2 heterocycles. The molecule has 0 aliphatic carbocycles. The van der Waals surface area contributed by atoms with Crippen molar-refractivity contribution in [3.05, 3.63) is 12.4 Å². The number of ether oxygens (including phenoxy) is 1. The van der Waals surface area contributed by atoms with Gasteiger partial charge in [0.05, 0.1) is 13.2 Å². The number of nitrogens with zero attached hydrogens (tertiary/aromatic N) is 3. The number of carbonyl (C=O) groups is 1. The minimum Gasteiger partial charge on any atom is -0.383 e. The predicted octanol–water partition coefficient (Wildman–Crippen LogP) is -0.119. The molecule has 2 rings (SSSR count). The second-order valence-electron chi connectivity index (χ2n) is 3.19. The van der Waals surface area contributed by atoms with Crippen LogP contribution in [0.1, 0.15) is 0 Å². The Bertz CT molecular complexity index is 369. The number of aromatic nitrogens is 2. The van der Waals surface area contributed by atoms with E-state index in [-0.39, 0.29) is 5.91 Å². The highest BCUT2D eigenvalue weighted by molar-refractivity contribution is 5.98. The van der Waals surface area contributed by atoms with Crippen LogP contribution >= 0.6 is 0 Å². The molecule has 1 aromatic heterocycles. The van der Waals surface area contributed by atoms with Crippen LogP contribution in [0.3, 0.4) is 0 Å². The van der Waals surface area contributed by atoms with Gasteiger partial charge in [-0.1, -0.05) is 0 Å². The number of carbonyl (C=O) groups excluding carboxylic acids is 1. The number of anilines is 2. The Morgan fingerprint density at radius 1 is 1.53 bits per heavy atom. The molecule has 15 heavy (non-hydrogen) atoms. The smallest absolute Gasteiger partial charge is 0.245 e. The van der Waals surface area contributed by atoms with Gasteiger partial charge in [0.1, 0.15) is 0 Å². The largest absolute Gasteiger partial charge is 0.383 e. The summed E-state index contributed by atoms with van der Waals surface area (Å²) in [5, 5.41) is 2.67. The zero-order valence-electron chi connectivity index (χ0n) is 8.43. The van der Waals surface area contributed by atoms with Crippen LogP contribution in [0.4, 0.5) is 11.6 Å². The topological polar surface area (TPSA) is 67.3 Å². The Hall–Kier alpha value is -1.69. The standard InChI is InChI=1S/C9H12N4O2/c1-15-5-4-13-6-7(14)12-8-9(13)11-3-2-10-8/h2-3H,4-6H2,1H3,(H,10,12,14). The average molecular weight is 208 g/mol. The molecule has 1 amide bonds. The summed E-state index contributed by atoms with van der Waals surface area (Å²) in [4.78, 5) is 21.4. The van der Waals surface area contributed by atoms with Gasteiger partial charge in [-0.2, -0.15) is 0 Å². The summed E-state index contributed by atoms with van der Waals surface area (Å²) in [6.07, 6.45) is 3.16. The second kappa shape index (κ2) is 4.22. The number of amides is 1. The number of methoxy groups -OCH3 is 1. The third-order valence-corrected chi connectivity index (χ3v) is 2.14. The third kappa shape index (κ3) is 2.04. The van der Waals surface area contributed by atoms with Gasteiger partial charge in [-0.05, 0) is 0 Å². The molecule has 0 atom stereocenters. The van der Waals surface area contributed by atoms with E-state index < -0.39 is 0 Å². The predicted molar refractivity (Wildman–Crippen MR) is 54.8 cm³/mol. The lowest BCUT2D eigenvalue weighted by Gasteiger charge is -2.28. The van der Waals surface area contributed by atoms with E-state index in [4.69, 9.17) is 4.74 Å². The Morgan fingerprint density at radius 2 is 2.33 bits per heavy atom. The van der Waals surface area contributed by atoms with Gasteiger partial charge >= 0.3 is 0 Å². The highest BCUT2D eigenvalue weighted by atomic mass is 16.5. The first-order chi connectivity index (χ1) is 7.31. The van der Waals surface area contributed by atoms with Gasteiger partial charge in [0.15, 0.2) is 11.6 Å². The molecule has 0 spiro atoms. The molecule has 1 aliphatic heterocycles. The summed E-state index contributed by atoms with van der Waals surface area (Å²) in [5.74, 6) is 1.15. The Balaban J connectivity index is 2.22. The maximum Gasteiger partial charge on any atom is 0.245 e. The molecule has 6 nitrogen and oxygen atoms in total. The molecule has 0 saturated heterocycles. The second-order valence-corrected chi connectivity index (χ2v) is 3.19. The molecule has 80 valence electrons. The summed E-state index contributed by atoms with van der Waals surface area (Å²) >= 11 is 0. The Kier molecular flexibility index (Phi) is 2.77. The molecule has 6 heteroatoms. The first-order valence-electron chi connectivity index (χ1n) is 4.66. The van der Waals surface area contributed by atoms with E-state index in [1.54, 1.807) is 19.5 Å². The van der Waals surface area contributed by atoms with Crippen molar-refractivity contribution in [3.8, 4) is 0 Å². The van der Waals surface area contributed by atoms with E-state index in [9.17, 15) is 4.79 Å². The highest BCUT2D eigenvalue weighted by Gasteiger charge is 2.23. The first-order valence-corrected chi connectivity index (χ1v) is 4.66. The van der Waals surface area contributed by atoms with Crippen LogP contribution in [0.2, 0.25) is 0 Å². The van der Waals surface area contributed by atoms with Gasteiger partial charge in [0.25, 0.3) is 0 Å². The normalized spacial score (nSPS) is 14.7. The van der Waals surface area contributed by atoms with E-state index in [1.807, 2.05) is 4.90 Å². The molecular formula is C9H12N4O2. The number of hydrogen-bond acceptors (Lipinski definition) is 5. The summed E-state index contributed by atoms with van der Waals surface area (Å²) in [5.41, 5.74) is 0. The van der Waals surface area contributed by atoms with Crippen molar-refractivity contribution in [2.75, 3.05) is 37.0 Å². The van der Waals surface area contributed by atoms with Gasteiger partial charge in [0.2, 0.25) is 5.91 Å². The molecule has 0 bridgehead atoms. The quantitative estimate of drug-likeness (QED) is 0.750. The van der Waals surface area contributed by atoms with Crippen molar-refractivity contribution in [1.29, 1.82) is 0 Å². The lowest BCUT2D eigenvalue weighted by molar-refractivity contribution is -0.115. The van der Waals surface area contributed by atoms with E-state index in [0.717, 1.165) is 0 Å². The summed E-state index contributed by atoms with van der Waals surface area (Å²) < 4.78 is 4.97. The minimum absolute atomic E-state index is 0.0703. The van der Waals surface area contributed by atoms with Crippen molar-refractivity contribution in [2.24, 2.45) is 0 Å². The zero-order chi connectivity index (χ0) is 10.7. The van der Waals surface area contributed by atoms with E-state index in [0.29, 0.717) is 31.3 Å². The summed E-state index contributed by atoms with van der Waals surface area (Å²) in [6.45, 7) is 1.49. The SMILES string of the molecule is COCCN1CC(=O)Nc2nccnc21. The lowest BCUT2D eigenvalue weighted by atomic mass is 10.3. The number of hydrogen-bond donors (Lipinski definition) is 1. The molecule has 1 N–H and O–H groups in total. The summed E-state index contributed by atoms with van der Waals surface area (Å²) in [7, 11) is 1.63. The fourth-order valence-corrected chi connectivity index (χ4v) is 1.46. The Morgan fingerprint density at radius 3 is 3.13 bits per heavy atom. The van der Waals surface area contributed by atoms with Crippen molar-refractivity contribution >= 4 is 17.5 Å². The first kappa shape index (κ1) is 9.85. The van der Waals surface area contributed by atoms with Crippen molar-refractivity contribution in [2.45, 2.75) is 0 Å². The van der Waals surface area contributed by atoms with E-state index >= 15 is 0 Å². The van der Waals surface area contributed by atoms with Crippen LogP contribution < -0.4 is 10.2 Å². The maximum absolute atomic E-state index is 11.3. The monoisotopic (exact) mass is 208 g/mol. The number of fused-ring (bicyclic) bond motifs is 1. The third-order valence-electron chi connectivity index (χ3n) is 2.14. The molecule has 0 saturated carbocycles. The molecular weight excluding hydrogens is 196 g/mol. The molecule has 0 unspecified atom stereocenters. The van der Waals surface area contributed by atoms with E-state index in [1.165, 1.54) is 0 Å². The molecule has 1 aliphatic rings. The van der Waals surface area contributed by atoms with Crippen LogP contribution in [0.25, 0.3) is 0 Å². The zero-order valence-corrected chi connectivity index (χ0v) is 8.43. The van der Waals surface area contributed by atoms with Gasteiger partial charge in [-0.3, -0.25) is 4.79 Å². The summed E-state index contributed by atoms with van der Waals surface area (Å²) in [6, 6.07) is 0. The number of rotatable bonds is 3.